The molecule has 1 rings (SSSR count). The van der Waals surface area contributed by atoms with E-state index in [4.69, 9.17) is 23.2 Å². The Labute approximate surface area is 127 Å². The van der Waals surface area contributed by atoms with E-state index in [9.17, 15) is 0 Å². The summed E-state index contributed by atoms with van der Waals surface area (Å²) in [6, 6.07) is 6.84. The predicted octanol–water partition coefficient (Wildman–Crippen LogP) is -2.60. The predicted molar refractivity (Wildman–Crippen MR) is 44.4 cm³/mol. The summed E-state index contributed by atoms with van der Waals surface area (Å²) in [7, 11) is 1.52. The van der Waals surface area contributed by atoms with Crippen LogP contribution in [0.4, 0.5) is 0 Å². The maximum Gasteiger partial charge on any atom is 1.00 e. The molecule has 0 aliphatic rings. The van der Waals surface area contributed by atoms with Crippen LogP contribution < -0.4 is 56.1 Å². The normalized spacial score (nSPS) is 8.29. The second-order valence-electron chi connectivity index (χ2n) is 1.88. The Morgan fingerprint density at radius 1 is 1.36 bits per heavy atom. The zero-order valence-corrected chi connectivity index (χ0v) is 11.7. The largest absolute Gasteiger partial charge is 1.00 e. The molecule has 0 bridgehead atoms. The second kappa shape index (κ2) is 10.1. The van der Waals surface area contributed by atoms with Crippen molar-refractivity contribution in [2.45, 2.75) is 0 Å². The smallest absolute Gasteiger partial charge is 0.784 e. The fourth-order valence-corrected chi connectivity index (χ4v) is 0.630. The number of para-hydroxylation sites is 2. The first kappa shape index (κ1) is 16.9. The molecule has 0 unspecified atom stereocenters. The van der Waals surface area contributed by atoms with Crippen molar-refractivity contribution in [2.24, 2.45) is 0 Å². The molecule has 0 amide bonds. The van der Waals surface area contributed by atoms with E-state index in [0.717, 1.165) is 0 Å². The zero-order valence-electron chi connectivity index (χ0n) is 7.80. The molecule has 0 aliphatic carbocycles. The van der Waals surface area contributed by atoms with Gasteiger partial charge >= 0.3 is 51.4 Å². The van der Waals surface area contributed by atoms with Crippen molar-refractivity contribution in [1.29, 1.82) is 0 Å². The molecule has 0 atom stereocenters. The number of ether oxygens (including phenoxy) is 1. The van der Waals surface area contributed by atoms with Crippen LogP contribution in [0.5, 0.6) is 11.5 Å². The minimum absolute atomic E-state index is 0. The van der Waals surface area contributed by atoms with Gasteiger partial charge in [-0.05, 0) is 12.1 Å². The van der Waals surface area contributed by atoms with Crippen molar-refractivity contribution in [3.05, 3.63) is 24.3 Å². The summed E-state index contributed by atoms with van der Waals surface area (Å²) in [6.45, 7) is 0. The summed E-state index contributed by atoms with van der Waals surface area (Å²) in [4.78, 5) is 0. The third kappa shape index (κ3) is 9.10. The first-order valence-electron chi connectivity index (χ1n) is 3.16. The molecule has 14 heavy (non-hydrogen) atoms. The van der Waals surface area contributed by atoms with E-state index in [2.05, 4.69) is 0 Å². The molecule has 0 heterocycles. The van der Waals surface area contributed by atoms with Crippen molar-refractivity contribution < 1.29 is 74.5 Å². The Bertz CT molecular complexity index is 277. The van der Waals surface area contributed by atoms with E-state index >= 15 is 0 Å². The average molecular weight is 243 g/mol. The molecule has 0 fully saturated rings. The summed E-state index contributed by atoms with van der Waals surface area (Å²) >= 11 is -3.11. The Balaban J connectivity index is 0. The molecule has 1 aromatic carbocycles. The Hall–Kier alpha value is 0.526. The van der Waals surface area contributed by atoms with Gasteiger partial charge in [0, 0.05) is 0 Å². The maximum absolute atomic E-state index is 8.99. The number of hydrogen-bond acceptors (Lipinski definition) is 5. The van der Waals surface area contributed by atoms with Crippen LogP contribution in [0.3, 0.4) is 0 Å². The number of hydrogen-bond donors (Lipinski definition) is 1. The minimum Gasteiger partial charge on any atom is -0.784 e. The number of phenolic OH excluding ortho intramolecular Hbond substituents is 1. The van der Waals surface area contributed by atoms with Gasteiger partial charge in [-0.25, -0.2) is 0 Å². The molecule has 0 aliphatic heterocycles. The van der Waals surface area contributed by atoms with Crippen LogP contribution in [0.2, 0.25) is 0 Å². The van der Waals surface area contributed by atoms with Gasteiger partial charge in [0.25, 0.3) is 0 Å². The van der Waals surface area contributed by atoms with Crippen LogP contribution >= 0.6 is 0 Å². The first-order valence-corrected chi connectivity index (χ1v) is 4.16. The number of aromatic hydroxyl groups is 1. The van der Waals surface area contributed by atoms with Gasteiger partial charge in [-0.2, -0.15) is 0 Å². The van der Waals surface area contributed by atoms with Crippen LogP contribution in [-0.4, -0.2) is 25.5 Å². The number of phenols is 1. The van der Waals surface area contributed by atoms with E-state index < -0.39 is 11.4 Å². The second-order valence-corrected chi connectivity index (χ2v) is 2.28. The van der Waals surface area contributed by atoms with E-state index in [1.54, 1.807) is 24.3 Å². The van der Waals surface area contributed by atoms with Gasteiger partial charge in [0.05, 0.1) is 7.11 Å². The number of benzene rings is 1. The standard InChI is InChI=1S/C7H8O2.K.H2O3S/c1-9-7-5-3-2-4-6(7)8;;1-4(2)3/h2-5,8H,1H3;;(H2,1,2,3)/q;+1;/p-2. The van der Waals surface area contributed by atoms with Crippen LogP contribution in [0.1, 0.15) is 0 Å². The zero-order chi connectivity index (χ0) is 10.3. The third-order valence-electron chi connectivity index (χ3n) is 1.09. The van der Waals surface area contributed by atoms with Crippen molar-refractivity contribution in [3.63, 3.8) is 0 Å². The Morgan fingerprint density at radius 3 is 2.07 bits per heavy atom. The van der Waals surface area contributed by atoms with Crippen LogP contribution in [0.15, 0.2) is 24.3 Å². The third-order valence-corrected chi connectivity index (χ3v) is 1.09. The van der Waals surface area contributed by atoms with Gasteiger partial charge in [0.15, 0.2) is 11.5 Å². The van der Waals surface area contributed by atoms with Crippen LogP contribution in [-0.2, 0) is 11.4 Å². The summed E-state index contributed by atoms with van der Waals surface area (Å²) in [5, 5.41) is 8.99. The molecular weight excluding hydrogens is 235 g/mol. The molecule has 0 saturated heterocycles. The van der Waals surface area contributed by atoms with Gasteiger partial charge in [0.1, 0.15) is 0 Å². The summed E-state index contributed by atoms with van der Waals surface area (Å²) in [6.07, 6.45) is 0. The molecule has 0 radical (unpaired) electrons. The molecular formula is C7H8KO5S-. The number of rotatable bonds is 1. The van der Waals surface area contributed by atoms with Gasteiger partial charge in [-0.15, -0.1) is 11.4 Å². The molecule has 5 nitrogen and oxygen atoms in total. The van der Waals surface area contributed by atoms with Gasteiger partial charge in [0.2, 0.25) is 0 Å². The van der Waals surface area contributed by atoms with Crippen molar-refractivity contribution in [2.75, 3.05) is 7.11 Å². The van der Waals surface area contributed by atoms with Crippen LogP contribution in [0, 0.1) is 0 Å². The SMILES string of the molecule is COc1ccccc1O.O=S([O-])[O-].[K+]. The molecule has 0 saturated carbocycles. The molecule has 7 heteroatoms. The molecule has 1 aromatic rings. The fourth-order valence-electron chi connectivity index (χ4n) is 0.630. The van der Waals surface area contributed by atoms with Crippen molar-refractivity contribution in [1.82, 2.24) is 0 Å². The minimum atomic E-state index is -3.11. The van der Waals surface area contributed by atoms with Crippen molar-refractivity contribution in [3.8, 4) is 11.5 Å². The van der Waals surface area contributed by atoms with Gasteiger partial charge < -0.3 is 18.9 Å². The fraction of sp³-hybridized carbons (Fsp3) is 0.143. The van der Waals surface area contributed by atoms with E-state index in [1.165, 1.54) is 7.11 Å². The van der Waals surface area contributed by atoms with Crippen LogP contribution in [0.25, 0.3) is 0 Å². The van der Waals surface area contributed by atoms with E-state index in [-0.39, 0.29) is 57.1 Å². The average Bonchev–Trinajstić information content (AvgIpc) is 2.04. The maximum atomic E-state index is 8.99. The van der Waals surface area contributed by atoms with Crippen molar-refractivity contribution >= 4 is 11.4 Å². The Kier molecular flexibility index (Phi) is 12.2. The molecule has 0 aromatic heterocycles. The van der Waals surface area contributed by atoms with Gasteiger partial charge in [-0.3, -0.25) is 4.21 Å². The molecule has 0 spiro atoms. The quantitative estimate of drug-likeness (QED) is 0.431. The molecule has 1 N–H and O–H groups in total. The summed E-state index contributed by atoms with van der Waals surface area (Å²) < 4.78 is 30.1. The van der Waals surface area contributed by atoms with E-state index in [0.29, 0.717) is 5.75 Å². The van der Waals surface area contributed by atoms with Gasteiger partial charge in [-0.1, -0.05) is 12.1 Å². The summed E-state index contributed by atoms with van der Waals surface area (Å²) in [5.41, 5.74) is 0. The number of methoxy groups -OCH3 is 1. The molecule has 74 valence electrons. The monoisotopic (exact) mass is 243 g/mol. The summed E-state index contributed by atoms with van der Waals surface area (Å²) in [5.74, 6) is 0.692. The topological polar surface area (TPSA) is 92.7 Å². The van der Waals surface area contributed by atoms with E-state index in [1.807, 2.05) is 0 Å². The first-order chi connectivity index (χ1) is 6.07. The Morgan fingerprint density at radius 2 is 1.79 bits per heavy atom.